The van der Waals surface area contributed by atoms with Crippen molar-refractivity contribution in [1.82, 2.24) is 4.90 Å². The molecular weight excluding hydrogens is 426 g/mol. The van der Waals surface area contributed by atoms with Gasteiger partial charge in [-0.1, -0.05) is 60.0 Å². The Bertz CT molecular complexity index is 999. The normalized spacial score (nSPS) is 19.8. The number of benzene rings is 2. The molecule has 32 heavy (non-hydrogen) atoms. The number of hydrogen-bond donors (Lipinski definition) is 0. The lowest BCUT2D eigenvalue weighted by Crippen LogP contribution is -2.38. The summed E-state index contributed by atoms with van der Waals surface area (Å²) >= 11 is 1.41. The molecule has 1 aliphatic heterocycles. The maximum Gasteiger partial charge on any atom is 0.303 e. The lowest BCUT2D eigenvalue weighted by Gasteiger charge is -2.26. The molecule has 0 radical (unpaired) electrons. The van der Waals surface area contributed by atoms with E-state index >= 15 is 0 Å². The Labute approximate surface area is 192 Å². The van der Waals surface area contributed by atoms with E-state index < -0.39 is 29.5 Å². The van der Waals surface area contributed by atoms with E-state index in [9.17, 15) is 14.4 Å². The molecule has 1 fully saturated rings. The van der Waals surface area contributed by atoms with Crippen molar-refractivity contribution in [3.8, 4) is 11.8 Å². The fourth-order valence-electron chi connectivity index (χ4n) is 3.39. The molecule has 1 saturated heterocycles. The van der Waals surface area contributed by atoms with Gasteiger partial charge in [-0.2, -0.15) is 0 Å². The zero-order valence-corrected chi connectivity index (χ0v) is 18.8. The van der Waals surface area contributed by atoms with Crippen LogP contribution >= 0.6 is 11.8 Å². The molecule has 0 bridgehead atoms. The second kappa shape index (κ2) is 11.4. The quantitative estimate of drug-likeness (QED) is 0.364. The van der Waals surface area contributed by atoms with E-state index in [1.54, 1.807) is 4.90 Å². The van der Waals surface area contributed by atoms with Gasteiger partial charge in [-0.05, 0) is 30.7 Å². The molecule has 3 rings (SSSR count). The van der Waals surface area contributed by atoms with Crippen LogP contribution in [0.5, 0.6) is 0 Å². The lowest BCUT2D eigenvalue weighted by molar-refractivity contribution is -0.165. The number of carbonyl (C=O) groups is 3. The number of thioether (sulfide) groups is 1. The van der Waals surface area contributed by atoms with E-state index in [-0.39, 0.29) is 5.91 Å². The molecule has 1 aliphatic rings. The summed E-state index contributed by atoms with van der Waals surface area (Å²) in [5.74, 6) is 4.74. The highest BCUT2D eigenvalue weighted by Gasteiger charge is 2.52. The van der Waals surface area contributed by atoms with E-state index in [0.29, 0.717) is 19.4 Å². The number of ether oxygens (including phenoxy) is 2. The molecule has 2 aromatic carbocycles. The summed E-state index contributed by atoms with van der Waals surface area (Å²) in [6, 6.07) is 19.2. The fraction of sp³-hybridized carbons (Fsp3) is 0.320. The molecular formula is C25H25NO5S. The van der Waals surface area contributed by atoms with Gasteiger partial charge in [0.2, 0.25) is 6.10 Å². The third-order valence-electron chi connectivity index (χ3n) is 4.72. The van der Waals surface area contributed by atoms with Crippen LogP contribution in [0.15, 0.2) is 65.6 Å². The second-order valence-electron chi connectivity index (χ2n) is 7.23. The molecule has 0 N–H and O–H groups in total. The van der Waals surface area contributed by atoms with Gasteiger partial charge in [0, 0.05) is 37.3 Å². The first kappa shape index (κ1) is 23.4. The predicted molar refractivity (Wildman–Crippen MR) is 121 cm³/mol. The molecule has 7 heteroatoms. The third-order valence-corrected chi connectivity index (χ3v) is 6.02. The summed E-state index contributed by atoms with van der Waals surface area (Å²) < 4.78 is 10.7. The minimum Gasteiger partial charge on any atom is -0.455 e. The van der Waals surface area contributed by atoms with Crippen LogP contribution in [0, 0.1) is 11.8 Å². The molecule has 1 heterocycles. The minimum absolute atomic E-state index is 0.365. The third kappa shape index (κ3) is 6.38. The van der Waals surface area contributed by atoms with Gasteiger partial charge >= 0.3 is 11.9 Å². The second-order valence-corrected chi connectivity index (χ2v) is 8.42. The Morgan fingerprint density at radius 2 is 1.59 bits per heavy atom. The van der Waals surface area contributed by atoms with Crippen LogP contribution in [0.2, 0.25) is 0 Å². The van der Waals surface area contributed by atoms with Gasteiger partial charge in [0.25, 0.3) is 5.91 Å². The number of nitrogens with zero attached hydrogens (tertiary/aromatic N) is 1. The first-order valence-corrected chi connectivity index (χ1v) is 11.2. The number of amides is 1. The van der Waals surface area contributed by atoms with Gasteiger partial charge in [0.05, 0.1) is 0 Å². The highest BCUT2D eigenvalue weighted by Crippen LogP contribution is 2.37. The van der Waals surface area contributed by atoms with Gasteiger partial charge in [-0.3, -0.25) is 14.4 Å². The summed E-state index contributed by atoms with van der Waals surface area (Å²) in [5.41, 5.74) is 0.937. The number of rotatable bonds is 7. The van der Waals surface area contributed by atoms with E-state index in [1.165, 1.54) is 25.6 Å². The van der Waals surface area contributed by atoms with Crippen LogP contribution < -0.4 is 0 Å². The molecule has 1 amide bonds. The predicted octanol–water partition coefficient (Wildman–Crippen LogP) is 3.64. The van der Waals surface area contributed by atoms with Crippen molar-refractivity contribution in [2.75, 3.05) is 6.54 Å². The zero-order chi connectivity index (χ0) is 22.9. The Morgan fingerprint density at radius 3 is 2.22 bits per heavy atom. The van der Waals surface area contributed by atoms with Gasteiger partial charge in [0.1, 0.15) is 5.37 Å². The number of likely N-dealkylation sites (tertiary alicyclic amines) is 1. The smallest absolute Gasteiger partial charge is 0.303 e. The van der Waals surface area contributed by atoms with Crippen molar-refractivity contribution in [1.29, 1.82) is 0 Å². The van der Waals surface area contributed by atoms with Crippen molar-refractivity contribution in [3.05, 3.63) is 66.2 Å². The van der Waals surface area contributed by atoms with E-state index in [4.69, 9.17) is 9.47 Å². The highest BCUT2D eigenvalue weighted by molar-refractivity contribution is 8.00. The highest BCUT2D eigenvalue weighted by atomic mass is 32.2. The molecule has 0 aromatic heterocycles. The van der Waals surface area contributed by atoms with E-state index in [1.807, 2.05) is 60.7 Å². The summed E-state index contributed by atoms with van der Waals surface area (Å²) in [4.78, 5) is 39.1. The average Bonchev–Trinajstić information content (AvgIpc) is 2.99. The first-order chi connectivity index (χ1) is 15.5. The van der Waals surface area contributed by atoms with Crippen LogP contribution in [0.1, 0.15) is 32.3 Å². The van der Waals surface area contributed by atoms with E-state index in [2.05, 4.69) is 11.8 Å². The number of unbranched alkanes of at least 4 members (excludes halogenated alkanes) is 1. The molecule has 166 valence electrons. The van der Waals surface area contributed by atoms with Crippen LogP contribution in [-0.2, 0) is 23.9 Å². The zero-order valence-electron chi connectivity index (χ0n) is 18.0. The molecule has 0 aliphatic carbocycles. The van der Waals surface area contributed by atoms with Crippen molar-refractivity contribution in [2.24, 2.45) is 0 Å². The molecule has 0 spiro atoms. The lowest BCUT2D eigenvalue weighted by atomic mass is 10.2. The topological polar surface area (TPSA) is 72.9 Å². The Kier molecular flexibility index (Phi) is 8.34. The average molecular weight is 452 g/mol. The van der Waals surface area contributed by atoms with Gasteiger partial charge in [-0.25, -0.2) is 0 Å². The first-order valence-electron chi connectivity index (χ1n) is 10.4. The van der Waals surface area contributed by atoms with Crippen LogP contribution in [-0.4, -0.2) is 46.9 Å². The van der Waals surface area contributed by atoms with Crippen molar-refractivity contribution in [3.63, 3.8) is 0 Å². The molecule has 1 unspecified atom stereocenters. The van der Waals surface area contributed by atoms with Crippen LogP contribution in [0.3, 0.4) is 0 Å². The molecule has 6 nitrogen and oxygen atoms in total. The maximum absolute atomic E-state index is 13.1. The largest absolute Gasteiger partial charge is 0.455 e. The van der Waals surface area contributed by atoms with Crippen molar-refractivity contribution in [2.45, 2.75) is 49.2 Å². The van der Waals surface area contributed by atoms with Gasteiger partial charge in [0.15, 0.2) is 6.10 Å². The van der Waals surface area contributed by atoms with Crippen molar-refractivity contribution < 1.29 is 23.9 Å². The summed E-state index contributed by atoms with van der Waals surface area (Å²) in [6.07, 6.45) is -0.827. The number of hydrogen-bond acceptors (Lipinski definition) is 6. The Hall–Kier alpha value is -3.24. The van der Waals surface area contributed by atoms with E-state index in [0.717, 1.165) is 10.5 Å². The standard InChI is InChI=1S/C25H25NO5S/c1-18(27)30-22-23(31-19(2)28)25(32-21-15-9-4-10-16-21)26(24(22)29)17-11-5-8-14-20-12-6-3-7-13-20/h3-4,6-7,9-10,12-13,15-16,22-23,25H,5,11,17H2,1-2H3/t22-,23-,25?/m0/s1. The Balaban J connectivity index is 1.76. The van der Waals surface area contributed by atoms with Crippen molar-refractivity contribution >= 4 is 29.6 Å². The summed E-state index contributed by atoms with van der Waals surface area (Å²) in [7, 11) is 0. The fourth-order valence-corrected chi connectivity index (χ4v) is 4.66. The minimum atomic E-state index is -1.16. The SMILES string of the molecule is CC(=O)O[C@@H]1C(=O)N(CCCC#Cc2ccccc2)C(Sc2ccccc2)[C@H]1OC(C)=O. The van der Waals surface area contributed by atoms with Gasteiger partial charge < -0.3 is 14.4 Å². The molecule has 2 aromatic rings. The van der Waals surface area contributed by atoms with Gasteiger partial charge in [-0.15, -0.1) is 0 Å². The summed E-state index contributed by atoms with van der Waals surface area (Å²) in [6.45, 7) is 2.92. The Morgan fingerprint density at radius 1 is 0.969 bits per heavy atom. The monoisotopic (exact) mass is 451 g/mol. The molecule has 3 atom stereocenters. The van der Waals surface area contributed by atoms with Crippen LogP contribution in [0.4, 0.5) is 0 Å². The summed E-state index contributed by atoms with van der Waals surface area (Å²) in [5, 5.41) is -0.514. The van der Waals surface area contributed by atoms with Crippen LogP contribution in [0.25, 0.3) is 0 Å². The number of esters is 2. The maximum atomic E-state index is 13.1. The number of carbonyl (C=O) groups excluding carboxylic acids is 3. The molecule has 0 saturated carbocycles.